The van der Waals surface area contributed by atoms with Gasteiger partial charge in [0.05, 0.1) is 12.7 Å². The average Bonchev–Trinajstić information content (AvgIpc) is 3.25. The van der Waals surface area contributed by atoms with Gasteiger partial charge >= 0.3 is 0 Å². The molecular formula is C26H25ClN2O4. The van der Waals surface area contributed by atoms with Gasteiger partial charge in [-0.15, -0.1) is 0 Å². The molecule has 0 bridgehead atoms. The van der Waals surface area contributed by atoms with Gasteiger partial charge in [0.15, 0.2) is 0 Å². The summed E-state index contributed by atoms with van der Waals surface area (Å²) >= 11 is 5.90. The molecule has 33 heavy (non-hydrogen) atoms. The third-order valence-corrected chi connectivity index (χ3v) is 6.05. The van der Waals surface area contributed by atoms with E-state index in [2.05, 4.69) is 5.32 Å². The second-order valence-corrected chi connectivity index (χ2v) is 8.58. The van der Waals surface area contributed by atoms with E-state index in [1.807, 2.05) is 42.5 Å². The normalized spacial score (nSPS) is 17.7. The Balaban J connectivity index is 1.48. The number of hydrogen-bond acceptors (Lipinski definition) is 4. The Hall–Kier alpha value is -3.19. The molecule has 1 aliphatic rings. The van der Waals surface area contributed by atoms with Crippen molar-refractivity contribution in [3.63, 3.8) is 0 Å². The lowest BCUT2D eigenvalue weighted by molar-refractivity contribution is -0.125. The van der Waals surface area contributed by atoms with Gasteiger partial charge in [-0.1, -0.05) is 60.1 Å². The number of carbonyl (C=O) groups excluding carboxylic acids is 2. The quantitative estimate of drug-likeness (QED) is 0.521. The van der Waals surface area contributed by atoms with Crippen molar-refractivity contribution in [2.24, 2.45) is 0 Å². The molecule has 170 valence electrons. The number of rotatable bonds is 6. The van der Waals surface area contributed by atoms with Crippen LogP contribution in [0.2, 0.25) is 5.02 Å². The highest BCUT2D eigenvalue weighted by molar-refractivity contribution is 6.30. The van der Waals surface area contributed by atoms with Crippen LogP contribution in [0.1, 0.15) is 27.9 Å². The summed E-state index contributed by atoms with van der Waals surface area (Å²) in [6, 6.07) is 21.1. The van der Waals surface area contributed by atoms with E-state index in [0.717, 1.165) is 22.3 Å². The van der Waals surface area contributed by atoms with Crippen molar-refractivity contribution in [1.82, 2.24) is 10.2 Å². The van der Waals surface area contributed by atoms with E-state index in [4.69, 9.17) is 11.6 Å². The molecule has 1 unspecified atom stereocenters. The SMILES string of the molecule is O=C(NCc1ccc(Cl)cc1)C1C[C@@H](O)CN1C(=O)c1cccc(-c2ccc(CO)cc2)c1. The molecule has 1 saturated heterocycles. The van der Waals surface area contributed by atoms with E-state index in [1.165, 1.54) is 4.90 Å². The van der Waals surface area contributed by atoms with Gasteiger partial charge in [-0.2, -0.15) is 0 Å². The molecule has 0 radical (unpaired) electrons. The van der Waals surface area contributed by atoms with Crippen LogP contribution in [0.4, 0.5) is 0 Å². The van der Waals surface area contributed by atoms with Gasteiger partial charge in [0.25, 0.3) is 5.91 Å². The molecule has 3 aromatic rings. The maximum absolute atomic E-state index is 13.3. The Morgan fingerprint density at radius 1 is 0.970 bits per heavy atom. The maximum Gasteiger partial charge on any atom is 0.254 e. The number of nitrogens with one attached hydrogen (secondary N) is 1. The molecule has 0 saturated carbocycles. The van der Waals surface area contributed by atoms with Gasteiger partial charge in [0.2, 0.25) is 5.91 Å². The minimum absolute atomic E-state index is 0.0302. The van der Waals surface area contributed by atoms with Crippen molar-refractivity contribution in [3.8, 4) is 11.1 Å². The van der Waals surface area contributed by atoms with Crippen molar-refractivity contribution < 1.29 is 19.8 Å². The molecule has 0 aromatic heterocycles. The van der Waals surface area contributed by atoms with Crippen LogP contribution in [0, 0.1) is 0 Å². The highest BCUT2D eigenvalue weighted by Crippen LogP contribution is 2.25. The smallest absolute Gasteiger partial charge is 0.254 e. The van der Waals surface area contributed by atoms with E-state index in [1.54, 1.807) is 30.3 Å². The molecule has 0 spiro atoms. The number of aliphatic hydroxyl groups is 2. The van der Waals surface area contributed by atoms with E-state index >= 15 is 0 Å². The number of carbonyl (C=O) groups is 2. The molecule has 1 heterocycles. The van der Waals surface area contributed by atoms with Crippen LogP contribution in [-0.2, 0) is 17.9 Å². The lowest BCUT2D eigenvalue weighted by Crippen LogP contribution is -2.45. The summed E-state index contributed by atoms with van der Waals surface area (Å²) in [4.78, 5) is 27.6. The van der Waals surface area contributed by atoms with Crippen molar-refractivity contribution in [2.75, 3.05) is 6.54 Å². The molecule has 1 aliphatic heterocycles. The number of likely N-dealkylation sites (tertiary alicyclic amines) is 1. The second-order valence-electron chi connectivity index (χ2n) is 8.14. The van der Waals surface area contributed by atoms with E-state index in [9.17, 15) is 19.8 Å². The van der Waals surface area contributed by atoms with Gasteiger partial charge in [-0.3, -0.25) is 9.59 Å². The predicted octanol–water partition coefficient (Wildman–Crippen LogP) is 3.39. The van der Waals surface area contributed by atoms with Crippen LogP contribution >= 0.6 is 11.6 Å². The summed E-state index contributed by atoms with van der Waals surface area (Å²) in [6.07, 6.45) is -0.560. The van der Waals surface area contributed by atoms with Gasteiger partial charge in [-0.25, -0.2) is 0 Å². The van der Waals surface area contributed by atoms with Gasteiger partial charge < -0.3 is 20.4 Å². The van der Waals surface area contributed by atoms with Crippen molar-refractivity contribution in [2.45, 2.75) is 31.7 Å². The number of hydrogen-bond donors (Lipinski definition) is 3. The van der Waals surface area contributed by atoms with Gasteiger partial charge in [-0.05, 0) is 46.5 Å². The summed E-state index contributed by atoms with van der Waals surface area (Å²) in [5, 5.41) is 22.9. The van der Waals surface area contributed by atoms with Crippen LogP contribution in [-0.4, -0.2) is 45.6 Å². The first-order valence-corrected chi connectivity index (χ1v) is 11.1. The number of nitrogens with zero attached hydrogens (tertiary/aromatic N) is 1. The Labute approximate surface area is 197 Å². The van der Waals surface area contributed by atoms with Crippen LogP contribution in [0.5, 0.6) is 0 Å². The van der Waals surface area contributed by atoms with Crippen LogP contribution in [0.25, 0.3) is 11.1 Å². The molecule has 4 rings (SSSR count). The van der Waals surface area contributed by atoms with Gasteiger partial charge in [0.1, 0.15) is 6.04 Å². The fourth-order valence-corrected chi connectivity index (χ4v) is 4.12. The average molecular weight is 465 g/mol. The van der Waals surface area contributed by atoms with Crippen molar-refractivity contribution in [1.29, 1.82) is 0 Å². The lowest BCUT2D eigenvalue weighted by Gasteiger charge is -2.24. The molecule has 2 atom stereocenters. The minimum Gasteiger partial charge on any atom is -0.392 e. The molecule has 7 heteroatoms. The fourth-order valence-electron chi connectivity index (χ4n) is 4.00. The third-order valence-electron chi connectivity index (χ3n) is 5.80. The summed E-state index contributed by atoms with van der Waals surface area (Å²) in [5.41, 5.74) is 3.92. The maximum atomic E-state index is 13.3. The van der Waals surface area contributed by atoms with E-state index in [0.29, 0.717) is 17.1 Å². The van der Waals surface area contributed by atoms with Crippen molar-refractivity contribution in [3.05, 3.63) is 94.5 Å². The first-order chi connectivity index (χ1) is 15.9. The molecule has 3 aromatic carbocycles. The predicted molar refractivity (Wildman–Crippen MR) is 127 cm³/mol. The molecular weight excluding hydrogens is 440 g/mol. The Morgan fingerprint density at radius 2 is 1.67 bits per heavy atom. The molecule has 2 amide bonds. The largest absolute Gasteiger partial charge is 0.392 e. The Bertz CT molecular complexity index is 1130. The Morgan fingerprint density at radius 3 is 2.36 bits per heavy atom. The number of aliphatic hydroxyl groups excluding tert-OH is 2. The highest BCUT2D eigenvalue weighted by Gasteiger charge is 2.39. The van der Waals surface area contributed by atoms with E-state index in [-0.39, 0.29) is 31.4 Å². The number of benzene rings is 3. The zero-order chi connectivity index (χ0) is 23.4. The minimum atomic E-state index is -0.755. The van der Waals surface area contributed by atoms with Crippen LogP contribution < -0.4 is 5.32 Å². The third kappa shape index (κ3) is 5.42. The lowest BCUT2D eigenvalue weighted by atomic mass is 10.0. The highest BCUT2D eigenvalue weighted by atomic mass is 35.5. The van der Waals surface area contributed by atoms with E-state index < -0.39 is 12.1 Å². The monoisotopic (exact) mass is 464 g/mol. The number of amides is 2. The Kier molecular flexibility index (Phi) is 7.08. The summed E-state index contributed by atoms with van der Waals surface area (Å²) in [6.45, 7) is 0.384. The first kappa shape index (κ1) is 23.0. The number of β-amino-alcohol motifs (C(OH)–C–C–N with tert-alkyl or cyclic N) is 1. The van der Waals surface area contributed by atoms with Crippen molar-refractivity contribution >= 4 is 23.4 Å². The molecule has 3 N–H and O–H groups in total. The first-order valence-electron chi connectivity index (χ1n) is 10.8. The summed E-state index contributed by atoms with van der Waals surface area (Å²) in [5.74, 6) is -0.599. The zero-order valence-electron chi connectivity index (χ0n) is 17.9. The molecule has 1 fully saturated rings. The fraction of sp³-hybridized carbons (Fsp3) is 0.231. The second kappa shape index (κ2) is 10.2. The summed E-state index contributed by atoms with van der Waals surface area (Å²) in [7, 11) is 0. The van der Waals surface area contributed by atoms with Crippen LogP contribution in [0.3, 0.4) is 0 Å². The molecule has 6 nitrogen and oxygen atoms in total. The zero-order valence-corrected chi connectivity index (χ0v) is 18.7. The standard InChI is InChI=1S/C26H25ClN2O4/c27-22-10-6-17(7-11-22)14-28-25(32)24-13-23(31)15-29(24)26(33)21-3-1-2-20(12-21)19-8-4-18(16-30)5-9-19/h1-12,23-24,30-31H,13-16H2,(H,28,32)/t23-,24?/m1/s1. The topological polar surface area (TPSA) is 89.9 Å². The summed E-state index contributed by atoms with van der Waals surface area (Å²) < 4.78 is 0. The van der Waals surface area contributed by atoms with Crippen LogP contribution in [0.15, 0.2) is 72.8 Å². The molecule has 0 aliphatic carbocycles. The number of halogens is 1. The van der Waals surface area contributed by atoms with Gasteiger partial charge in [0, 0.05) is 30.1 Å².